The maximum atomic E-state index is 13.3. The van der Waals surface area contributed by atoms with E-state index in [0.717, 1.165) is 51.4 Å². The second-order valence-corrected chi connectivity index (χ2v) is 8.90. The predicted molar refractivity (Wildman–Crippen MR) is 116 cm³/mol. The van der Waals surface area contributed by atoms with E-state index in [1.807, 2.05) is 23.1 Å². The molecule has 166 valence electrons. The molecule has 4 rings (SSSR count). The zero-order chi connectivity index (χ0) is 20.9. The van der Waals surface area contributed by atoms with Gasteiger partial charge in [-0.1, -0.05) is 12.8 Å². The molecule has 0 bridgehead atoms. The first kappa shape index (κ1) is 21.4. The van der Waals surface area contributed by atoms with Crippen molar-refractivity contribution < 1.29 is 19.0 Å². The molecule has 1 amide bonds. The molecule has 2 heterocycles. The number of carbonyl (C=O) groups excluding carboxylic acids is 1. The predicted octanol–water partition coefficient (Wildman–Crippen LogP) is 3.73. The maximum Gasteiger partial charge on any atom is 0.257 e. The van der Waals surface area contributed by atoms with Crippen molar-refractivity contribution in [2.24, 2.45) is 0 Å². The number of carbonyl (C=O) groups is 1. The Morgan fingerprint density at radius 3 is 2.40 bits per heavy atom. The molecular formula is C24H36N2O4. The van der Waals surface area contributed by atoms with Gasteiger partial charge < -0.3 is 24.0 Å². The molecule has 30 heavy (non-hydrogen) atoms. The SMILES string of the molecule is COc1ccc(OC2CCN(C3CCCC3)CC2)c(C(=O)N2CCCC(OC)C2)c1. The number of piperidine rings is 2. The second-order valence-electron chi connectivity index (χ2n) is 8.90. The summed E-state index contributed by atoms with van der Waals surface area (Å²) in [6.07, 6.45) is 9.72. The van der Waals surface area contributed by atoms with Gasteiger partial charge in [0.25, 0.3) is 5.91 Å². The van der Waals surface area contributed by atoms with Crippen molar-refractivity contribution >= 4 is 5.91 Å². The van der Waals surface area contributed by atoms with E-state index in [-0.39, 0.29) is 18.1 Å². The van der Waals surface area contributed by atoms with Crippen LogP contribution >= 0.6 is 0 Å². The Morgan fingerprint density at radius 1 is 0.933 bits per heavy atom. The molecule has 1 aromatic rings. The standard InChI is InChI=1S/C24H36N2O4/c1-28-20-9-10-23(22(16-20)24(27)26-13-5-8-21(17-26)29-2)30-19-11-14-25(15-12-19)18-6-3-4-7-18/h9-10,16,18-19,21H,3-8,11-15,17H2,1-2H3. The molecule has 1 saturated carbocycles. The number of hydrogen-bond acceptors (Lipinski definition) is 5. The molecule has 2 aliphatic heterocycles. The van der Waals surface area contributed by atoms with E-state index in [1.54, 1.807) is 14.2 Å². The van der Waals surface area contributed by atoms with Crippen molar-refractivity contribution in [2.45, 2.75) is 69.6 Å². The molecule has 0 radical (unpaired) electrons. The summed E-state index contributed by atoms with van der Waals surface area (Å²) < 4.78 is 17.3. The first-order chi connectivity index (χ1) is 14.7. The van der Waals surface area contributed by atoms with Gasteiger partial charge in [-0.15, -0.1) is 0 Å². The molecule has 0 spiro atoms. The van der Waals surface area contributed by atoms with E-state index < -0.39 is 0 Å². The average Bonchev–Trinajstić information content (AvgIpc) is 3.34. The lowest BCUT2D eigenvalue weighted by atomic mass is 10.0. The highest BCUT2D eigenvalue weighted by atomic mass is 16.5. The Bertz CT molecular complexity index is 711. The second kappa shape index (κ2) is 10.0. The van der Waals surface area contributed by atoms with Crippen LogP contribution in [-0.4, -0.2) is 74.4 Å². The van der Waals surface area contributed by atoms with Crippen LogP contribution in [0.1, 0.15) is 61.7 Å². The van der Waals surface area contributed by atoms with E-state index in [1.165, 1.54) is 25.7 Å². The summed E-state index contributed by atoms with van der Waals surface area (Å²) in [4.78, 5) is 17.9. The largest absolute Gasteiger partial charge is 0.497 e. The molecule has 1 unspecified atom stereocenters. The van der Waals surface area contributed by atoms with Crippen molar-refractivity contribution in [1.29, 1.82) is 0 Å². The zero-order valence-electron chi connectivity index (χ0n) is 18.5. The van der Waals surface area contributed by atoms with E-state index in [4.69, 9.17) is 14.2 Å². The summed E-state index contributed by atoms with van der Waals surface area (Å²) >= 11 is 0. The normalized spacial score (nSPS) is 24.2. The molecule has 0 N–H and O–H groups in total. The van der Waals surface area contributed by atoms with Gasteiger partial charge >= 0.3 is 0 Å². The fourth-order valence-corrected chi connectivity index (χ4v) is 5.20. The molecule has 6 nitrogen and oxygen atoms in total. The summed E-state index contributed by atoms with van der Waals surface area (Å²) in [5.41, 5.74) is 0.601. The molecule has 1 aliphatic carbocycles. The van der Waals surface area contributed by atoms with Gasteiger partial charge in [-0.3, -0.25) is 4.79 Å². The van der Waals surface area contributed by atoms with Gasteiger partial charge in [0.1, 0.15) is 17.6 Å². The Kier molecular flexibility index (Phi) is 7.16. The number of hydrogen-bond donors (Lipinski definition) is 0. The molecule has 6 heteroatoms. The van der Waals surface area contributed by atoms with Gasteiger partial charge in [0, 0.05) is 39.3 Å². The Labute approximate surface area is 180 Å². The van der Waals surface area contributed by atoms with Crippen LogP contribution in [0.3, 0.4) is 0 Å². The molecule has 3 aliphatic rings. The van der Waals surface area contributed by atoms with Crippen molar-refractivity contribution in [3.8, 4) is 11.5 Å². The Balaban J connectivity index is 1.43. The van der Waals surface area contributed by atoms with Gasteiger partial charge in [-0.25, -0.2) is 0 Å². The van der Waals surface area contributed by atoms with Gasteiger partial charge in [-0.05, 0) is 56.7 Å². The molecule has 1 atom stereocenters. The molecule has 0 aromatic heterocycles. The van der Waals surface area contributed by atoms with E-state index in [2.05, 4.69) is 4.90 Å². The van der Waals surface area contributed by atoms with Gasteiger partial charge in [0.2, 0.25) is 0 Å². The number of benzene rings is 1. The van der Waals surface area contributed by atoms with Crippen LogP contribution in [0.15, 0.2) is 18.2 Å². The third-order valence-corrected chi connectivity index (χ3v) is 7.03. The van der Waals surface area contributed by atoms with Crippen LogP contribution < -0.4 is 9.47 Å². The lowest BCUT2D eigenvalue weighted by Gasteiger charge is -2.36. The van der Waals surface area contributed by atoms with Gasteiger partial charge in [0.15, 0.2) is 0 Å². The van der Waals surface area contributed by atoms with Crippen molar-refractivity contribution in [1.82, 2.24) is 9.80 Å². The van der Waals surface area contributed by atoms with Crippen LogP contribution in [0.4, 0.5) is 0 Å². The first-order valence-electron chi connectivity index (χ1n) is 11.6. The van der Waals surface area contributed by atoms with Crippen LogP contribution in [0.2, 0.25) is 0 Å². The fraction of sp³-hybridized carbons (Fsp3) is 0.708. The minimum atomic E-state index is 0.00837. The van der Waals surface area contributed by atoms with Crippen molar-refractivity contribution in [2.75, 3.05) is 40.4 Å². The van der Waals surface area contributed by atoms with Crippen LogP contribution in [-0.2, 0) is 4.74 Å². The van der Waals surface area contributed by atoms with Crippen LogP contribution in [0.25, 0.3) is 0 Å². The fourth-order valence-electron chi connectivity index (χ4n) is 5.20. The summed E-state index contributed by atoms with van der Waals surface area (Å²) in [5, 5.41) is 0. The number of methoxy groups -OCH3 is 2. The summed E-state index contributed by atoms with van der Waals surface area (Å²) in [6.45, 7) is 3.58. The van der Waals surface area contributed by atoms with Crippen molar-refractivity contribution in [3.63, 3.8) is 0 Å². The quantitative estimate of drug-likeness (QED) is 0.707. The third-order valence-electron chi connectivity index (χ3n) is 7.03. The van der Waals surface area contributed by atoms with E-state index in [0.29, 0.717) is 23.6 Å². The smallest absolute Gasteiger partial charge is 0.257 e. The average molecular weight is 417 g/mol. The van der Waals surface area contributed by atoms with Gasteiger partial charge in [0.05, 0.1) is 18.8 Å². The lowest BCUT2D eigenvalue weighted by molar-refractivity contribution is 0.0263. The molecule has 1 aromatic carbocycles. The highest BCUT2D eigenvalue weighted by Crippen LogP contribution is 2.31. The number of rotatable bonds is 6. The lowest BCUT2D eigenvalue weighted by Crippen LogP contribution is -2.44. The summed E-state index contributed by atoms with van der Waals surface area (Å²) in [7, 11) is 3.35. The maximum absolute atomic E-state index is 13.3. The summed E-state index contributed by atoms with van der Waals surface area (Å²) in [5.74, 6) is 1.37. The topological polar surface area (TPSA) is 51.2 Å². The van der Waals surface area contributed by atoms with E-state index >= 15 is 0 Å². The minimum Gasteiger partial charge on any atom is -0.497 e. The Morgan fingerprint density at radius 2 is 1.70 bits per heavy atom. The number of ether oxygens (including phenoxy) is 3. The summed E-state index contributed by atoms with van der Waals surface area (Å²) in [6, 6.07) is 6.37. The number of nitrogens with zero attached hydrogens (tertiary/aromatic N) is 2. The van der Waals surface area contributed by atoms with E-state index in [9.17, 15) is 4.79 Å². The highest BCUT2D eigenvalue weighted by Gasteiger charge is 2.30. The highest BCUT2D eigenvalue weighted by molar-refractivity contribution is 5.97. The number of amides is 1. The zero-order valence-corrected chi connectivity index (χ0v) is 18.5. The molecule has 2 saturated heterocycles. The first-order valence-corrected chi connectivity index (χ1v) is 11.6. The monoisotopic (exact) mass is 416 g/mol. The van der Waals surface area contributed by atoms with Crippen molar-refractivity contribution in [3.05, 3.63) is 23.8 Å². The van der Waals surface area contributed by atoms with Crippen LogP contribution in [0.5, 0.6) is 11.5 Å². The van der Waals surface area contributed by atoms with Crippen LogP contribution in [0, 0.1) is 0 Å². The Hall–Kier alpha value is -1.79. The minimum absolute atomic E-state index is 0.00837. The number of likely N-dealkylation sites (tertiary alicyclic amines) is 2. The molecular weight excluding hydrogens is 380 g/mol. The van der Waals surface area contributed by atoms with Gasteiger partial charge in [-0.2, -0.15) is 0 Å². The third kappa shape index (κ3) is 4.92. The molecule has 3 fully saturated rings.